The van der Waals surface area contributed by atoms with Gasteiger partial charge in [-0.15, -0.1) is 0 Å². The SMILES string of the molecule is C=C(C)c1ccc(C)c(C)c1. The van der Waals surface area contributed by atoms with Gasteiger partial charge in [-0.1, -0.05) is 30.4 Å². The van der Waals surface area contributed by atoms with E-state index in [0.717, 1.165) is 5.57 Å². The highest BCUT2D eigenvalue weighted by molar-refractivity contribution is 5.62. The third-order valence-corrected chi connectivity index (χ3v) is 2.00. The molecule has 0 atom stereocenters. The van der Waals surface area contributed by atoms with Crippen molar-refractivity contribution in [2.75, 3.05) is 0 Å². The van der Waals surface area contributed by atoms with Crippen molar-refractivity contribution in [3.8, 4) is 0 Å². The molecule has 0 fully saturated rings. The van der Waals surface area contributed by atoms with Gasteiger partial charge in [-0.2, -0.15) is 0 Å². The molecule has 0 N–H and O–H groups in total. The molecule has 58 valence electrons. The summed E-state index contributed by atoms with van der Waals surface area (Å²) >= 11 is 0. The fourth-order valence-corrected chi connectivity index (χ4v) is 1.01. The third kappa shape index (κ3) is 1.70. The second-order valence-electron chi connectivity index (χ2n) is 3.08. The summed E-state index contributed by atoms with van der Waals surface area (Å²) in [6.07, 6.45) is 0. The largest absolute Gasteiger partial charge is 0.0955 e. The van der Waals surface area contributed by atoms with Crippen molar-refractivity contribution < 1.29 is 0 Å². The van der Waals surface area contributed by atoms with E-state index in [1.165, 1.54) is 16.7 Å². The summed E-state index contributed by atoms with van der Waals surface area (Å²) in [4.78, 5) is 0. The van der Waals surface area contributed by atoms with Crippen LogP contribution in [0.1, 0.15) is 23.6 Å². The number of benzene rings is 1. The zero-order chi connectivity index (χ0) is 8.43. The molecule has 0 aromatic heterocycles. The van der Waals surface area contributed by atoms with Gasteiger partial charge in [0, 0.05) is 0 Å². The van der Waals surface area contributed by atoms with E-state index in [4.69, 9.17) is 0 Å². The lowest BCUT2D eigenvalue weighted by molar-refractivity contribution is 1.33. The molecule has 0 radical (unpaired) electrons. The number of hydrogen-bond donors (Lipinski definition) is 0. The lowest BCUT2D eigenvalue weighted by Crippen LogP contribution is -1.83. The van der Waals surface area contributed by atoms with E-state index < -0.39 is 0 Å². The fourth-order valence-electron chi connectivity index (χ4n) is 1.01. The maximum Gasteiger partial charge on any atom is -0.0230 e. The predicted octanol–water partition coefficient (Wildman–Crippen LogP) is 3.34. The lowest BCUT2D eigenvalue weighted by Gasteiger charge is -2.03. The van der Waals surface area contributed by atoms with Gasteiger partial charge in [-0.05, 0) is 37.5 Å². The summed E-state index contributed by atoms with van der Waals surface area (Å²) in [5.74, 6) is 0. The molecule has 1 rings (SSSR count). The zero-order valence-electron chi connectivity index (χ0n) is 7.44. The first-order chi connectivity index (χ1) is 5.11. The van der Waals surface area contributed by atoms with Crippen molar-refractivity contribution in [1.29, 1.82) is 0 Å². The molecular weight excluding hydrogens is 132 g/mol. The first-order valence-electron chi connectivity index (χ1n) is 3.84. The lowest BCUT2D eigenvalue weighted by atomic mass is 10.0. The molecule has 0 aliphatic rings. The highest BCUT2D eigenvalue weighted by atomic mass is 14.0. The highest BCUT2D eigenvalue weighted by Crippen LogP contribution is 2.15. The Labute approximate surface area is 68.6 Å². The smallest absolute Gasteiger partial charge is 0.0230 e. The molecule has 0 heterocycles. The summed E-state index contributed by atoms with van der Waals surface area (Å²) in [6.45, 7) is 10.2. The molecule has 0 heteroatoms. The van der Waals surface area contributed by atoms with Crippen LogP contribution >= 0.6 is 0 Å². The standard InChI is InChI=1S/C11H14/c1-8(2)11-6-5-9(3)10(4)7-11/h5-7H,1H2,2-4H3. The van der Waals surface area contributed by atoms with Gasteiger partial charge in [0.05, 0.1) is 0 Å². The van der Waals surface area contributed by atoms with Crippen molar-refractivity contribution in [1.82, 2.24) is 0 Å². The van der Waals surface area contributed by atoms with Crippen molar-refractivity contribution in [3.05, 3.63) is 41.5 Å². The minimum Gasteiger partial charge on any atom is -0.0955 e. The molecular formula is C11H14. The second-order valence-corrected chi connectivity index (χ2v) is 3.08. The molecule has 0 aliphatic carbocycles. The van der Waals surface area contributed by atoms with Crippen LogP contribution in [-0.2, 0) is 0 Å². The van der Waals surface area contributed by atoms with Gasteiger partial charge in [-0.3, -0.25) is 0 Å². The summed E-state index contributed by atoms with van der Waals surface area (Å²) in [5, 5.41) is 0. The quantitative estimate of drug-likeness (QED) is 0.570. The van der Waals surface area contributed by atoms with E-state index in [9.17, 15) is 0 Å². The molecule has 0 spiro atoms. The normalized spacial score (nSPS) is 9.73. The average molecular weight is 146 g/mol. The predicted molar refractivity (Wildman–Crippen MR) is 50.6 cm³/mol. The first kappa shape index (κ1) is 8.06. The van der Waals surface area contributed by atoms with E-state index in [2.05, 4.69) is 38.6 Å². The number of aryl methyl sites for hydroxylation is 2. The van der Waals surface area contributed by atoms with Crippen LogP contribution in [0.3, 0.4) is 0 Å². The Kier molecular flexibility index (Phi) is 2.13. The van der Waals surface area contributed by atoms with Gasteiger partial charge in [0.25, 0.3) is 0 Å². The number of allylic oxidation sites excluding steroid dienone is 1. The first-order valence-corrected chi connectivity index (χ1v) is 3.84. The summed E-state index contributed by atoms with van der Waals surface area (Å²) < 4.78 is 0. The Hall–Kier alpha value is -1.04. The molecule has 11 heavy (non-hydrogen) atoms. The monoisotopic (exact) mass is 146 g/mol. The van der Waals surface area contributed by atoms with Crippen LogP contribution in [-0.4, -0.2) is 0 Å². The van der Waals surface area contributed by atoms with Crippen LogP contribution in [0.25, 0.3) is 5.57 Å². The van der Waals surface area contributed by atoms with Crippen LogP contribution < -0.4 is 0 Å². The Morgan fingerprint density at radius 2 is 1.82 bits per heavy atom. The molecule has 0 nitrogen and oxygen atoms in total. The number of rotatable bonds is 1. The average Bonchev–Trinajstić information content (AvgIpc) is 1.94. The van der Waals surface area contributed by atoms with E-state index in [0.29, 0.717) is 0 Å². The van der Waals surface area contributed by atoms with Gasteiger partial charge in [0.2, 0.25) is 0 Å². The molecule has 0 amide bonds. The van der Waals surface area contributed by atoms with Crippen LogP contribution in [0.5, 0.6) is 0 Å². The summed E-state index contributed by atoms with van der Waals surface area (Å²) in [7, 11) is 0. The van der Waals surface area contributed by atoms with Crippen molar-refractivity contribution in [2.45, 2.75) is 20.8 Å². The van der Waals surface area contributed by atoms with Gasteiger partial charge < -0.3 is 0 Å². The Balaban J connectivity index is 3.15. The van der Waals surface area contributed by atoms with Crippen LogP contribution in [0.15, 0.2) is 24.8 Å². The topological polar surface area (TPSA) is 0 Å². The maximum absolute atomic E-state index is 3.90. The fraction of sp³-hybridized carbons (Fsp3) is 0.273. The summed E-state index contributed by atoms with van der Waals surface area (Å²) in [6, 6.07) is 6.43. The second kappa shape index (κ2) is 2.91. The van der Waals surface area contributed by atoms with Crippen molar-refractivity contribution >= 4 is 5.57 Å². The van der Waals surface area contributed by atoms with Gasteiger partial charge >= 0.3 is 0 Å². The van der Waals surface area contributed by atoms with Crippen molar-refractivity contribution in [2.24, 2.45) is 0 Å². The molecule has 0 bridgehead atoms. The molecule has 1 aromatic rings. The van der Waals surface area contributed by atoms with Gasteiger partial charge in [0.1, 0.15) is 0 Å². The molecule has 0 aliphatic heterocycles. The Bertz CT molecular complexity index is 282. The Morgan fingerprint density at radius 1 is 1.18 bits per heavy atom. The van der Waals surface area contributed by atoms with E-state index >= 15 is 0 Å². The van der Waals surface area contributed by atoms with Gasteiger partial charge in [-0.25, -0.2) is 0 Å². The molecule has 0 unspecified atom stereocenters. The Morgan fingerprint density at radius 3 is 2.27 bits per heavy atom. The minimum atomic E-state index is 1.13. The zero-order valence-corrected chi connectivity index (χ0v) is 7.44. The molecule has 0 saturated carbocycles. The highest BCUT2D eigenvalue weighted by Gasteiger charge is 1.95. The van der Waals surface area contributed by atoms with E-state index in [1.807, 2.05) is 6.92 Å². The van der Waals surface area contributed by atoms with Crippen molar-refractivity contribution in [3.63, 3.8) is 0 Å². The van der Waals surface area contributed by atoms with Crippen LogP contribution in [0.2, 0.25) is 0 Å². The van der Waals surface area contributed by atoms with Crippen LogP contribution in [0.4, 0.5) is 0 Å². The third-order valence-electron chi connectivity index (χ3n) is 2.00. The molecule has 1 aromatic carbocycles. The molecule has 0 saturated heterocycles. The summed E-state index contributed by atoms with van der Waals surface area (Å²) in [5.41, 5.74) is 5.06. The van der Waals surface area contributed by atoms with Gasteiger partial charge in [0.15, 0.2) is 0 Å². The van der Waals surface area contributed by atoms with E-state index in [1.54, 1.807) is 0 Å². The number of hydrogen-bond acceptors (Lipinski definition) is 0. The maximum atomic E-state index is 3.90. The van der Waals surface area contributed by atoms with E-state index in [-0.39, 0.29) is 0 Å². The van der Waals surface area contributed by atoms with Crippen LogP contribution in [0, 0.1) is 13.8 Å². The minimum absolute atomic E-state index is 1.13.